The number of ether oxygens (including phenoxy) is 3. The van der Waals surface area contributed by atoms with Crippen molar-refractivity contribution in [3.63, 3.8) is 0 Å². The van der Waals surface area contributed by atoms with E-state index in [0.717, 1.165) is 5.56 Å². The Kier molecular flexibility index (Phi) is 5.46. The molecule has 1 heterocycles. The Labute approximate surface area is 127 Å². The second kappa shape index (κ2) is 7.53. The third kappa shape index (κ3) is 3.41. The van der Waals surface area contributed by atoms with Gasteiger partial charge in [-0.25, -0.2) is 0 Å². The van der Waals surface area contributed by atoms with Gasteiger partial charge in [-0.1, -0.05) is 30.3 Å². The van der Waals surface area contributed by atoms with Crippen molar-refractivity contribution in [2.45, 2.75) is 12.9 Å². The minimum Gasteiger partial charge on any atom is -0.483 e. The molecule has 2 rings (SSSR count). The maximum absolute atomic E-state index is 12.3. The number of methoxy groups -OCH3 is 2. The summed E-state index contributed by atoms with van der Waals surface area (Å²) in [7, 11) is 2.89. The van der Waals surface area contributed by atoms with Crippen LogP contribution >= 0.6 is 0 Å². The predicted molar refractivity (Wildman–Crippen MR) is 80.0 cm³/mol. The Morgan fingerprint density at radius 1 is 1.18 bits per heavy atom. The standard InChI is InChI=1S/C16H17NO5/c1-20-16(21-2)13-15(14(19)12(9-18)8-17-13)22-10-11-6-4-3-5-7-11/h3-9,16H,10H2,1-2H3,(H,17,19). The minimum atomic E-state index is -0.792. The van der Waals surface area contributed by atoms with Gasteiger partial charge in [0.15, 0.2) is 12.0 Å². The van der Waals surface area contributed by atoms with Crippen molar-refractivity contribution in [2.75, 3.05) is 14.2 Å². The van der Waals surface area contributed by atoms with E-state index in [9.17, 15) is 9.59 Å². The van der Waals surface area contributed by atoms with Crippen molar-refractivity contribution in [3.8, 4) is 5.75 Å². The van der Waals surface area contributed by atoms with Gasteiger partial charge in [0.1, 0.15) is 12.3 Å². The van der Waals surface area contributed by atoms with Crippen molar-refractivity contribution >= 4 is 6.29 Å². The van der Waals surface area contributed by atoms with Gasteiger partial charge in [-0.05, 0) is 5.56 Å². The molecule has 0 radical (unpaired) electrons. The summed E-state index contributed by atoms with van der Waals surface area (Å²) in [6.45, 7) is 0.194. The fraction of sp³-hybridized carbons (Fsp3) is 0.250. The third-order valence-corrected chi connectivity index (χ3v) is 3.11. The Morgan fingerprint density at radius 3 is 2.45 bits per heavy atom. The van der Waals surface area contributed by atoms with Crippen LogP contribution < -0.4 is 10.2 Å². The van der Waals surface area contributed by atoms with Crippen LogP contribution in [0.3, 0.4) is 0 Å². The molecule has 0 atom stereocenters. The molecule has 6 heteroatoms. The van der Waals surface area contributed by atoms with E-state index in [4.69, 9.17) is 14.2 Å². The van der Waals surface area contributed by atoms with Crippen LogP contribution in [0.5, 0.6) is 5.75 Å². The topological polar surface area (TPSA) is 77.6 Å². The molecule has 1 aromatic heterocycles. The zero-order valence-corrected chi connectivity index (χ0v) is 12.4. The van der Waals surface area contributed by atoms with Crippen molar-refractivity contribution in [1.82, 2.24) is 4.98 Å². The first-order chi connectivity index (χ1) is 10.7. The number of carbonyl (C=O) groups is 1. The zero-order valence-electron chi connectivity index (χ0n) is 12.4. The first-order valence-electron chi connectivity index (χ1n) is 6.64. The van der Waals surface area contributed by atoms with Gasteiger partial charge in [0.25, 0.3) is 0 Å². The van der Waals surface area contributed by atoms with Crippen molar-refractivity contribution < 1.29 is 19.0 Å². The smallest absolute Gasteiger partial charge is 0.234 e. The van der Waals surface area contributed by atoms with Crippen LogP contribution in [0, 0.1) is 0 Å². The summed E-state index contributed by atoms with van der Waals surface area (Å²) < 4.78 is 15.9. The maximum Gasteiger partial charge on any atom is 0.234 e. The first-order valence-corrected chi connectivity index (χ1v) is 6.64. The number of hydrogen-bond donors (Lipinski definition) is 1. The van der Waals surface area contributed by atoms with E-state index in [1.165, 1.54) is 20.4 Å². The minimum absolute atomic E-state index is 0.0159. The molecule has 1 N–H and O–H groups in total. The highest BCUT2D eigenvalue weighted by molar-refractivity contribution is 5.74. The number of aldehydes is 1. The summed E-state index contributed by atoms with van der Waals surface area (Å²) in [5.41, 5.74) is 0.712. The molecule has 0 amide bonds. The van der Waals surface area contributed by atoms with E-state index in [1.807, 2.05) is 30.3 Å². The number of aromatic nitrogens is 1. The molecule has 0 unspecified atom stereocenters. The molecule has 0 aliphatic rings. The Balaban J connectivity index is 2.37. The molecule has 0 spiro atoms. The van der Waals surface area contributed by atoms with E-state index in [0.29, 0.717) is 12.0 Å². The molecule has 0 aliphatic carbocycles. The largest absolute Gasteiger partial charge is 0.483 e. The van der Waals surface area contributed by atoms with E-state index in [1.54, 1.807) is 0 Å². The average molecular weight is 303 g/mol. The highest BCUT2D eigenvalue weighted by Crippen LogP contribution is 2.23. The third-order valence-electron chi connectivity index (χ3n) is 3.11. The number of rotatable bonds is 7. The summed E-state index contributed by atoms with van der Waals surface area (Å²) in [6, 6.07) is 9.39. The highest BCUT2D eigenvalue weighted by Gasteiger charge is 2.20. The van der Waals surface area contributed by atoms with E-state index < -0.39 is 11.7 Å². The molecular formula is C16H17NO5. The second-order valence-corrected chi connectivity index (χ2v) is 4.51. The summed E-state index contributed by atoms with van der Waals surface area (Å²) in [5.74, 6) is 0.0159. The van der Waals surface area contributed by atoms with Gasteiger partial charge >= 0.3 is 0 Å². The van der Waals surface area contributed by atoms with Crippen LogP contribution in [0.2, 0.25) is 0 Å². The van der Waals surface area contributed by atoms with Crippen LogP contribution in [-0.2, 0) is 16.1 Å². The molecule has 0 aliphatic heterocycles. The lowest BCUT2D eigenvalue weighted by Crippen LogP contribution is -2.19. The number of aromatic amines is 1. The van der Waals surface area contributed by atoms with Gasteiger partial charge in [-0.2, -0.15) is 0 Å². The quantitative estimate of drug-likeness (QED) is 0.626. The number of benzene rings is 1. The Morgan fingerprint density at radius 2 is 1.86 bits per heavy atom. The molecule has 2 aromatic rings. The van der Waals surface area contributed by atoms with Gasteiger partial charge in [-0.15, -0.1) is 0 Å². The summed E-state index contributed by atoms with van der Waals surface area (Å²) >= 11 is 0. The molecule has 0 saturated heterocycles. The van der Waals surface area contributed by atoms with Crippen LogP contribution in [-0.4, -0.2) is 25.5 Å². The highest BCUT2D eigenvalue weighted by atomic mass is 16.7. The van der Waals surface area contributed by atoms with Gasteiger partial charge in [-0.3, -0.25) is 9.59 Å². The zero-order chi connectivity index (χ0) is 15.9. The number of H-pyrrole nitrogens is 1. The van der Waals surface area contributed by atoms with Crippen molar-refractivity contribution in [3.05, 3.63) is 63.6 Å². The molecule has 22 heavy (non-hydrogen) atoms. The van der Waals surface area contributed by atoms with Gasteiger partial charge in [0.05, 0.1) is 5.56 Å². The number of carbonyl (C=O) groups excluding carboxylic acids is 1. The second-order valence-electron chi connectivity index (χ2n) is 4.51. The average Bonchev–Trinajstić information content (AvgIpc) is 2.56. The molecular weight excluding hydrogens is 286 g/mol. The molecule has 0 fully saturated rings. The van der Waals surface area contributed by atoms with Gasteiger partial charge in [0.2, 0.25) is 11.7 Å². The molecule has 0 saturated carbocycles. The molecule has 116 valence electrons. The number of hydrogen-bond acceptors (Lipinski definition) is 5. The maximum atomic E-state index is 12.3. The van der Waals surface area contributed by atoms with Crippen LogP contribution in [0.15, 0.2) is 41.3 Å². The normalized spacial score (nSPS) is 10.7. The molecule has 6 nitrogen and oxygen atoms in total. The van der Waals surface area contributed by atoms with E-state index in [2.05, 4.69) is 4.98 Å². The SMILES string of the molecule is COC(OC)c1[nH]cc(C=O)c(=O)c1OCc1ccccc1. The fourth-order valence-electron chi connectivity index (χ4n) is 2.01. The van der Waals surface area contributed by atoms with Crippen molar-refractivity contribution in [2.24, 2.45) is 0 Å². The predicted octanol–water partition coefficient (Wildman–Crippen LogP) is 2.06. The Hall–Kier alpha value is -2.44. The van der Waals surface area contributed by atoms with Gasteiger partial charge in [0, 0.05) is 20.4 Å². The lowest BCUT2D eigenvalue weighted by Gasteiger charge is -2.17. The summed E-state index contributed by atoms with van der Waals surface area (Å²) in [5, 5.41) is 0. The molecule has 1 aromatic carbocycles. The summed E-state index contributed by atoms with van der Waals surface area (Å²) in [4.78, 5) is 26.1. The Bertz CT molecular complexity index is 677. The number of nitrogens with one attached hydrogen (secondary N) is 1. The van der Waals surface area contributed by atoms with Gasteiger partial charge < -0.3 is 19.2 Å². The van der Waals surface area contributed by atoms with E-state index >= 15 is 0 Å². The van der Waals surface area contributed by atoms with Crippen LogP contribution in [0.25, 0.3) is 0 Å². The number of pyridine rings is 1. The van der Waals surface area contributed by atoms with Crippen molar-refractivity contribution in [1.29, 1.82) is 0 Å². The summed E-state index contributed by atoms with van der Waals surface area (Å²) in [6.07, 6.45) is 0.997. The monoisotopic (exact) mass is 303 g/mol. The van der Waals surface area contributed by atoms with Crippen LogP contribution in [0.1, 0.15) is 27.9 Å². The molecule has 0 bridgehead atoms. The lowest BCUT2D eigenvalue weighted by atomic mass is 10.2. The van der Waals surface area contributed by atoms with E-state index in [-0.39, 0.29) is 17.9 Å². The fourth-order valence-corrected chi connectivity index (χ4v) is 2.01. The lowest BCUT2D eigenvalue weighted by molar-refractivity contribution is -0.110. The van der Waals surface area contributed by atoms with Crippen LogP contribution in [0.4, 0.5) is 0 Å². The first kappa shape index (κ1) is 15.9.